The van der Waals surface area contributed by atoms with Crippen molar-refractivity contribution in [2.75, 3.05) is 33.3 Å². The van der Waals surface area contributed by atoms with Gasteiger partial charge in [-0.15, -0.1) is 11.3 Å². The van der Waals surface area contributed by atoms with Crippen LogP contribution in [0.1, 0.15) is 25.7 Å². The lowest BCUT2D eigenvalue weighted by Crippen LogP contribution is -2.50. The summed E-state index contributed by atoms with van der Waals surface area (Å²) in [5.74, 6) is 1.12. The molecule has 0 spiro atoms. The van der Waals surface area contributed by atoms with Crippen LogP contribution in [-0.2, 0) is 0 Å². The third kappa shape index (κ3) is 4.02. The number of piperazine rings is 1. The maximum absolute atomic E-state index is 13.0. The van der Waals surface area contributed by atoms with Gasteiger partial charge in [-0.25, -0.2) is 15.0 Å². The molecule has 1 aliphatic rings. The van der Waals surface area contributed by atoms with Crippen molar-refractivity contribution in [3.8, 4) is 16.6 Å². The van der Waals surface area contributed by atoms with Crippen LogP contribution >= 0.6 is 11.3 Å². The molecule has 0 bridgehead atoms. The number of benzene rings is 1. The zero-order valence-electron chi connectivity index (χ0n) is 16.7. The molecule has 0 atom stereocenters. The van der Waals surface area contributed by atoms with Gasteiger partial charge in [0.1, 0.15) is 10.6 Å². The van der Waals surface area contributed by atoms with Gasteiger partial charge in [-0.05, 0) is 37.3 Å². The van der Waals surface area contributed by atoms with Gasteiger partial charge < -0.3 is 14.5 Å². The predicted octanol–water partition coefficient (Wildman–Crippen LogP) is 2.52. The molecule has 8 nitrogen and oxygen atoms in total. The summed E-state index contributed by atoms with van der Waals surface area (Å²) in [6.07, 6.45) is 3.30. The average Bonchev–Trinajstić information content (AvgIpc) is 3.20. The summed E-state index contributed by atoms with van der Waals surface area (Å²) in [5.41, 5.74) is 1.28. The van der Waals surface area contributed by atoms with Gasteiger partial charge in [0.25, 0.3) is 11.8 Å². The van der Waals surface area contributed by atoms with Crippen molar-refractivity contribution < 1.29 is 14.3 Å². The van der Waals surface area contributed by atoms with Gasteiger partial charge in [0.2, 0.25) is 0 Å². The summed E-state index contributed by atoms with van der Waals surface area (Å²) in [4.78, 5) is 42.7. The molecular weight excluding hydrogens is 402 g/mol. The maximum atomic E-state index is 13.0. The number of nitrogens with zero attached hydrogens (tertiary/aromatic N) is 5. The summed E-state index contributed by atoms with van der Waals surface area (Å²) in [5, 5.41) is 0.629. The zero-order valence-corrected chi connectivity index (χ0v) is 17.6. The highest BCUT2D eigenvalue weighted by molar-refractivity contribution is 7.17. The number of aromatic nitrogens is 3. The number of hydrogen-bond donors (Lipinski definition) is 0. The van der Waals surface area contributed by atoms with Crippen LogP contribution in [0.25, 0.3) is 10.8 Å². The number of rotatable bonds is 4. The Balaban J connectivity index is 1.41. The van der Waals surface area contributed by atoms with Gasteiger partial charge in [0.15, 0.2) is 10.8 Å². The Labute approximate surface area is 178 Å². The van der Waals surface area contributed by atoms with Gasteiger partial charge in [0, 0.05) is 44.1 Å². The number of carbonyl (C=O) groups is 2. The third-order valence-electron chi connectivity index (χ3n) is 4.94. The predicted molar refractivity (Wildman–Crippen MR) is 113 cm³/mol. The standard InChI is InChI=1S/C21H21N5O3S/c1-14-17(30-19(24-14)18-22-8-3-9-23-18)21(28)26-12-10-25(11-13-26)20(27)15-4-6-16(29-2)7-5-15/h3-9H,10-13H2,1-2H3. The molecule has 9 heteroatoms. The van der Waals surface area contributed by atoms with Crippen molar-refractivity contribution in [3.63, 3.8) is 0 Å². The molecule has 154 valence electrons. The van der Waals surface area contributed by atoms with Gasteiger partial charge in [-0.3, -0.25) is 9.59 Å². The minimum absolute atomic E-state index is 0.0396. The second kappa shape index (κ2) is 8.58. The lowest BCUT2D eigenvalue weighted by Gasteiger charge is -2.34. The second-order valence-electron chi connectivity index (χ2n) is 6.82. The van der Waals surface area contributed by atoms with Gasteiger partial charge in [-0.2, -0.15) is 0 Å². The number of amides is 2. The van der Waals surface area contributed by atoms with Crippen LogP contribution in [0.5, 0.6) is 5.75 Å². The van der Waals surface area contributed by atoms with Crippen molar-refractivity contribution in [3.05, 3.63) is 58.9 Å². The Bertz CT molecular complexity index is 1040. The minimum atomic E-state index is -0.0660. The monoisotopic (exact) mass is 423 g/mol. The molecule has 0 saturated carbocycles. The summed E-state index contributed by atoms with van der Waals surface area (Å²) in [6.45, 7) is 3.76. The summed E-state index contributed by atoms with van der Waals surface area (Å²) in [7, 11) is 1.59. The van der Waals surface area contributed by atoms with E-state index in [1.54, 1.807) is 59.6 Å². The van der Waals surface area contributed by atoms with E-state index >= 15 is 0 Å². The van der Waals surface area contributed by atoms with E-state index in [0.29, 0.717) is 58.9 Å². The maximum Gasteiger partial charge on any atom is 0.265 e. The van der Waals surface area contributed by atoms with Crippen molar-refractivity contribution in [1.29, 1.82) is 0 Å². The van der Waals surface area contributed by atoms with Crippen molar-refractivity contribution in [1.82, 2.24) is 24.8 Å². The van der Waals surface area contributed by atoms with Gasteiger partial charge in [0.05, 0.1) is 12.8 Å². The van der Waals surface area contributed by atoms with E-state index in [1.807, 2.05) is 6.92 Å². The van der Waals surface area contributed by atoms with E-state index in [0.717, 1.165) is 0 Å². The minimum Gasteiger partial charge on any atom is -0.497 e. The SMILES string of the molecule is COc1ccc(C(=O)N2CCN(C(=O)c3sc(-c4ncccn4)nc3C)CC2)cc1. The lowest BCUT2D eigenvalue weighted by atomic mass is 10.1. The molecule has 30 heavy (non-hydrogen) atoms. The number of aryl methyl sites for hydroxylation is 1. The molecule has 0 aliphatic carbocycles. The Morgan fingerprint density at radius 3 is 2.17 bits per heavy atom. The van der Waals surface area contributed by atoms with Crippen LogP contribution < -0.4 is 4.74 Å². The fourth-order valence-electron chi connectivity index (χ4n) is 3.27. The topological polar surface area (TPSA) is 88.5 Å². The first kappa shape index (κ1) is 20.0. The largest absolute Gasteiger partial charge is 0.497 e. The highest BCUT2D eigenvalue weighted by atomic mass is 32.1. The molecule has 2 aromatic heterocycles. The zero-order chi connectivity index (χ0) is 21.1. The average molecular weight is 423 g/mol. The molecule has 0 radical (unpaired) electrons. The van der Waals surface area contributed by atoms with E-state index in [1.165, 1.54) is 11.3 Å². The molecule has 3 heterocycles. The first-order valence-electron chi connectivity index (χ1n) is 9.54. The first-order valence-corrected chi connectivity index (χ1v) is 10.4. The summed E-state index contributed by atoms with van der Waals surface area (Å²) < 4.78 is 5.14. The smallest absolute Gasteiger partial charge is 0.265 e. The molecule has 0 N–H and O–H groups in total. The number of hydrogen-bond acceptors (Lipinski definition) is 7. The molecule has 2 amide bonds. The Kier molecular flexibility index (Phi) is 5.71. The van der Waals surface area contributed by atoms with Gasteiger partial charge in [-0.1, -0.05) is 0 Å². The van der Waals surface area contributed by atoms with E-state index < -0.39 is 0 Å². The molecule has 1 aromatic carbocycles. The second-order valence-corrected chi connectivity index (χ2v) is 7.82. The Morgan fingerprint density at radius 1 is 0.967 bits per heavy atom. The number of carbonyl (C=O) groups excluding carboxylic acids is 2. The Morgan fingerprint density at radius 2 is 1.57 bits per heavy atom. The van der Waals surface area contributed by atoms with Crippen molar-refractivity contribution in [2.45, 2.75) is 6.92 Å². The summed E-state index contributed by atoms with van der Waals surface area (Å²) >= 11 is 1.30. The van der Waals surface area contributed by atoms with Crippen molar-refractivity contribution in [2.24, 2.45) is 0 Å². The molecule has 0 unspecified atom stereocenters. The molecule has 3 aromatic rings. The van der Waals surface area contributed by atoms with E-state index in [2.05, 4.69) is 15.0 Å². The van der Waals surface area contributed by atoms with Crippen LogP contribution in [0.4, 0.5) is 0 Å². The van der Waals surface area contributed by atoms with Crippen LogP contribution in [0.15, 0.2) is 42.7 Å². The molecule has 1 fully saturated rings. The van der Waals surface area contributed by atoms with Crippen LogP contribution in [-0.4, -0.2) is 69.9 Å². The Hall–Kier alpha value is -3.33. The number of methoxy groups -OCH3 is 1. The summed E-state index contributed by atoms with van der Waals surface area (Å²) in [6, 6.07) is 8.79. The fourth-order valence-corrected chi connectivity index (χ4v) is 4.25. The first-order chi connectivity index (χ1) is 14.6. The normalized spacial score (nSPS) is 13.9. The molecule has 4 rings (SSSR count). The van der Waals surface area contributed by atoms with E-state index in [-0.39, 0.29) is 11.8 Å². The van der Waals surface area contributed by atoms with Crippen LogP contribution in [0, 0.1) is 6.92 Å². The molecule has 1 saturated heterocycles. The van der Waals surface area contributed by atoms with Crippen LogP contribution in [0.2, 0.25) is 0 Å². The number of thiazole rings is 1. The molecule has 1 aliphatic heterocycles. The lowest BCUT2D eigenvalue weighted by molar-refractivity contribution is 0.0537. The highest BCUT2D eigenvalue weighted by Gasteiger charge is 2.28. The van der Waals surface area contributed by atoms with E-state index in [4.69, 9.17) is 4.74 Å². The third-order valence-corrected chi connectivity index (χ3v) is 6.08. The quantitative estimate of drug-likeness (QED) is 0.641. The van der Waals surface area contributed by atoms with Crippen LogP contribution in [0.3, 0.4) is 0 Å². The number of ether oxygens (including phenoxy) is 1. The highest BCUT2D eigenvalue weighted by Crippen LogP contribution is 2.26. The molecular formula is C21H21N5O3S. The fraction of sp³-hybridized carbons (Fsp3) is 0.286. The van der Waals surface area contributed by atoms with E-state index in [9.17, 15) is 9.59 Å². The van der Waals surface area contributed by atoms with Gasteiger partial charge >= 0.3 is 0 Å². The van der Waals surface area contributed by atoms with Crippen molar-refractivity contribution >= 4 is 23.2 Å².